The largest absolute Gasteiger partial charge is 0.476 e. The van der Waals surface area contributed by atoms with Crippen molar-refractivity contribution in [3.8, 4) is 11.3 Å². The Morgan fingerprint density at radius 2 is 1.57 bits per heavy atom. The predicted molar refractivity (Wildman–Crippen MR) is 90.2 cm³/mol. The summed E-state index contributed by atoms with van der Waals surface area (Å²) in [4.78, 5) is 11.2. The number of benzene rings is 2. The van der Waals surface area contributed by atoms with E-state index in [4.69, 9.17) is 23.2 Å². The van der Waals surface area contributed by atoms with Crippen LogP contribution in [0.4, 0.5) is 0 Å². The Labute approximate surface area is 142 Å². The predicted octanol–water partition coefficient (Wildman–Crippen LogP) is 4.60. The average Bonchev–Trinajstić information content (AvgIpc) is 2.94. The van der Waals surface area contributed by atoms with E-state index in [1.807, 2.05) is 24.3 Å². The van der Waals surface area contributed by atoms with Crippen molar-refractivity contribution in [3.05, 3.63) is 75.9 Å². The first-order valence-electron chi connectivity index (χ1n) is 6.84. The normalized spacial score (nSPS) is 10.7. The average molecular weight is 347 g/mol. The number of aromatic carboxylic acids is 1. The van der Waals surface area contributed by atoms with Gasteiger partial charge in [0.05, 0.1) is 12.2 Å². The van der Waals surface area contributed by atoms with E-state index in [1.54, 1.807) is 35.0 Å². The molecule has 0 spiro atoms. The molecule has 0 aliphatic carbocycles. The lowest BCUT2D eigenvalue weighted by molar-refractivity contribution is 0.0689. The third-order valence-electron chi connectivity index (χ3n) is 3.38. The van der Waals surface area contributed by atoms with Gasteiger partial charge in [0.25, 0.3) is 0 Å². The van der Waals surface area contributed by atoms with Crippen LogP contribution in [0.1, 0.15) is 16.1 Å². The summed E-state index contributed by atoms with van der Waals surface area (Å²) in [5, 5.41) is 14.7. The monoisotopic (exact) mass is 346 g/mol. The van der Waals surface area contributed by atoms with Crippen LogP contribution in [-0.2, 0) is 6.54 Å². The fourth-order valence-corrected chi connectivity index (χ4v) is 2.51. The molecule has 0 radical (unpaired) electrons. The van der Waals surface area contributed by atoms with E-state index in [9.17, 15) is 9.90 Å². The molecule has 3 rings (SSSR count). The van der Waals surface area contributed by atoms with Gasteiger partial charge in [-0.15, -0.1) is 0 Å². The molecule has 0 saturated heterocycles. The van der Waals surface area contributed by atoms with Crippen molar-refractivity contribution in [3.63, 3.8) is 0 Å². The van der Waals surface area contributed by atoms with E-state index in [0.717, 1.165) is 11.1 Å². The Hall–Kier alpha value is -2.30. The Bertz CT molecular complexity index is 840. The van der Waals surface area contributed by atoms with Crippen LogP contribution in [0.15, 0.2) is 54.6 Å². The smallest absolute Gasteiger partial charge is 0.356 e. The first-order valence-corrected chi connectivity index (χ1v) is 7.60. The van der Waals surface area contributed by atoms with E-state index in [-0.39, 0.29) is 5.69 Å². The summed E-state index contributed by atoms with van der Waals surface area (Å²) in [7, 11) is 0. The molecule has 1 aromatic heterocycles. The van der Waals surface area contributed by atoms with Crippen LogP contribution in [0.2, 0.25) is 10.0 Å². The minimum atomic E-state index is -1.06. The molecular formula is C17H12Cl2N2O2. The van der Waals surface area contributed by atoms with Gasteiger partial charge in [0.1, 0.15) is 0 Å². The Morgan fingerprint density at radius 3 is 2.13 bits per heavy atom. The summed E-state index contributed by atoms with van der Waals surface area (Å²) < 4.78 is 1.66. The molecule has 0 atom stereocenters. The van der Waals surface area contributed by atoms with Crippen molar-refractivity contribution in [2.24, 2.45) is 0 Å². The van der Waals surface area contributed by atoms with Crippen LogP contribution in [0.3, 0.4) is 0 Å². The van der Waals surface area contributed by atoms with Crippen LogP contribution in [0.5, 0.6) is 0 Å². The van der Waals surface area contributed by atoms with Crippen LogP contribution in [0.25, 0.3) is 11.3 Å². The molecule has 1 N–H and O–H groups in total. The maximum atomic E-state index is 11.2. The first-order chi connectivity index (χ1) is 11.0. The second-order valence-electron chi connectivity index (χ2n) is 5.01. The number of halogens is 2. The minimum absolute atomic E-state index is 0.00362. The molecule has 4 nitrogen and oxygen atoms in total. The zero-order valence-electron chi connectivity index (χ0n) is 11.9. The summed E-state index contributed by atoms with van der Waals surface area (Å²) >= 11 is 11.8. The summed E-state index contributed by atoms with van der Waals surface area (Å²) in [6, 6.07) is 16.1. The molecule has 2 aromatic carbocycles. The lowest BCUT2D eigenvalue weighted by Crippen LogP contribution is -2.05. The number of aromatic nitrogens is 2. The van der Waals surface area contributed by atoms with E-state index < -0.39 is 5.97 Å². The highest BCUT2D eigenvalue weighted by Crippen LogP contribution is 2.24. The van der Waals surface area contributed by atoms with E-state index >= 15 is 0 Å². The van der Waals surface area contributed by atoms with E-state index in [1.165, 1.54) is 0 Å². The third kappa shape index (κ3) is 3.55. The topological polar surface area (TPSA) is 55.1 Å². The summed E-state index contributed by atoms with van der Waals surface area (Å²) in [5.74, 6) is -1.06. The zero-order valence-corrected chi connectivity index (χ0v) is 13.4. The molecule has 0 fully saturated rings. The second-order valence-corrected chi connectivity index (χ2v) is 5.88. The van der Waals surface area contributed by atoms with E-state index in [2.05, 4.69) is 5.10 Å². The zero-order chi connectivity index (χ0) is 16.4. The Balaban J connectivity index is 2.02. The first kappa shape index (κ1) is 15.6. The van der Waals surface area contributed by atoms with Crippen molar-refractivity contribution >= 4 is 29.2 Å². The summed E-state index contributed by atoms with van der Waals surface area (Å²) in [6.45, 7) is 0.447. The minimum Gasteiger partial charge on any atom is -0.476 e. The molecule has 0 amide bonds. The molecular weight excluding hydrogens is 335 g/mol. The molecule has 3 aromatic rings. The summed E-state index contributed by atoms with van der Waals surface area (Å²) in [5.41, 5.74) is 2.55. The van der Waals surface area contributed by atoms with Gasteiger partial charge in [-0.1, -0.05) is 47.5 Å². The number of hydrogen-bond acceptors (Lipinski definition) is 2. The maximum absolute atomic E-state index is 11.2. The van der Waals surface area contributed by atoms with Gasteiger partial charge in [0.15, 0.2) is 5.69 Å². The number of hydrogen-bond donors (Lipinski definition) is 1. The molecule has 23 heavy (non-hydrogen) atoms. The number of carboxylic acids is 1. The highest BCUT2D eigenvalue weighted by Gasteiger charge is 2.15. The van der Waals surface area contributed by atoms with Gasteiger partial charge in [0, 0.05) is 10.0 Å². The number of carbonyl (C=O) groups is 1. The number of rotatable bonds is 4. The maximum Gasteiger partial charge on any atom is 0.356 e. The Kier molecular flexibility index (Phi) is 4.37. The quantitative estimate of drug-likeness (QED) is 0.750. The van der Waals surface area contributed by atoms with Crippen LogP contribution >= 0.6 is 23.2 Å². The van der Waals surface area contributed by atoms with Gasteiger partial charge in [-0.2, -0.15) is 5.10 Å². The van der Waals surface area contributed by atoms with Crippen molar-refractivity contribution in [1.29, 1.82) is 0 Å². The molecule has 6 heteroatoms. The van der Waals surface area contributed by atoms with Crippen molar-refractivity contribution in [2.45, 2.75) is 6.54 Å². The van der Waals surface area contributed by atoms with Gasteiger partial charge in [-0.3, -0.25) is 4.68 Å². The number of nitrogens with zero attached hydrogens (tertiary/aromatic N) is 2. The second kappa shape index (κ2) is 6.44. The molecule has 0 bridgehead atoms. The molecule has 0 saturated carbocycles. The van der Waals surface area contributed by atoms with Gasteiger partial charge < -0.3 is 5.11 Å². The fraction of sp³-hybridized carbons (Fsp3) is 0.0588. The van der Waals surface area contributed by atoms with Gasteiger partial charge in [-0.05, 0) is 41.5 Å². The molecule has 0 aliphatic rings. The molecule has 1 heterocycles. The lowest BCUT2D eigenvalue weighted by Gasteiger charge is -2.08. The number of carboxylic acid groups (broad SMARTS) is 1. The van der Waals surface area contributed by atoms with Gasteiger partial charge >= 0.3 is 5.97 Å². The summed E-state index contributed by atoms with van der Waals surface area (Å²) in [6.07, 6.45) is 0. The van der Waals surface area contributed by atoms with Crippen LogP contribution in [-0.4, -0.2) is 20.9 Å². The van der Waals surface area contributed by atoms with Gasteiger partial charge in [-0.25, -0.2) is 4.79 Å². The lowest BCUT2D eigenvalue weighted by atomic mass is 10.1. The van der Waals surface area contributed by atoms with Crippen LogP contribution < -0.4 is 0 Å². The highest BCUT2D eigenvalue weighted by molar-refractivity contribution is 6.30. The van der Waals surface area contributed by atoms with Gasteiger partial charge in [0.2, 0.25) is 0 Å². The molecule has 116 valence electrons. The molecule has 0 aliphatic heterocycles. The third-order valence-corrected chi connectivity index (χ3v) is 3.89. The van der Waals surface area contributed by atoms with Crippen molar-refractivity contribution in [2.75, 3.05) is 0 Å². The standard InChI is InChI=1S/C17H12Cl2N2O2/c18-13-5-1-11(2-6-13)10-21-16(9-15(20-21)17(22)23)12-3-7-14(19)8-4-12/h1-9H,10H2,(H,22,23). The van der Waals surface area contributed by atoms with E-state index in [0.29, 0.717) is 22.3 Å². The van der Waals surface area contributed by atoms with Crippen LogP contribution in [0, 0.1) is 0 Å². The van der Waals surface area contributed by atoms with Crippen molar-refractivity contribution < 1.29 is 9.90 Å². The SMILES string of the molecule is O=C(O)c1cc(-c2ccc(Cl)cc2)n(Cc2ccc(Cl)cc2)n1. The Morgan fingerprint density at radius 1 is 1.00 bits per heavy atom. The fourth-order valence-electron chi connectivity index (χ4n) is 2.26. The molecule has 0 unspecified atom stereocenters. The van der Waals surface area contributed by atoms with Crippen molar-refractivity contribution in [1.82, 2.24) is 9.78 Å². The highest BCUT2D eigenvalue weighted by atomic mass is 35.5.